The Morgan fingerprint density at radius 3 is 2.19 bits per heavy atom. The van der Waals surface area contributed by atoms with Crippen LogP contribution < -0.4 is 0 Å². The molecule has 0 aliphatic rings. The van der Waals surface area contributed by atoms with Crippen molar-refractivity contribution in [3.63, 3.8) is 0 Å². The van der Waals surface area contributed by atoms with E-state index in [1.54, 1.807) is 49.4 Å². The van der Waals surface area contributed by atoms with Crippen molar-refractivity contribution < 1.29 is 19.4 Å². The summed E-state index contributed by atoms with van der Waals surface area (Å²) in [4.78, 5) is 24.3. The highest BCUT2D eigenvalue weighted by Crippen LogP contribution is 2.21. The van der Waals surface area contributed by atoms with Gasteiger partial charge >= 0.3 is 5.97 Å². The number of hydrogen-bond donors (Lipinski definition) is 1. The Balaban J connectivity index is 2.33. The number of hydrogen-bond acceptors (Lipinski definition) is 4. The number of Topliss-reactive ketones (excluding diaryl/α,β-unsaturated/α-hetero) is 1. The molecule has 0 aromatic heterocycles. The number of aliphatic hydroxyl groups is 1. The quantitative estimate of drug-likeness (QED) is 0.677. The van der Waals surface area contributed by atoms with Crippen molar-refractivity contribution in [2.45, 2.75) is 13.0 Å². The van der Waals surface area contributed by atoms with Crippen LogP contribution in [0.1, 0.15) is 39.3 Å². The minimum absolute atomic E-state index is 0.160. The zero-order valence-electron chi connectivity index (χ0n) is 11.7. The number of esters is 1. The second-order valence-corrected chi connectivity index (χ2v) is 4.44. The highest BCUT2D eigenvalue weighted by Gasteiger charge is 2.24. The average molecular weight is 284 g/mol. The van der Waals surface area contributed by atoms with Gasteiger partial charge in [-0.3, -0.25) is 4.79 Å². The molecule has 2 aromatic rings. The molecule has 0 aliphatic heterocycles. The number of rotatable bonds is 5. The van der Waals surface area contributed by atoms with Crippen molar-refractivity contribution in [3.05, 3.63) is 71.3 Å². The Hall–Kier alpha value is -2.46. The summed E-state index contributed by atoms with van der Waals surface area (Å²) in [6.45, 7) is 1.92. The number of carbonyl (C=O) groups is 2. The molecule has 1 unspecified atom stereocenters. The second kappa shape index (κ2) is 6.81. The van der Waals surface area contributed by atoms with Gasteiger partial charge in [0.15, 0.2) is 5.78 Å². The molecule has 1 atom stereocenters. The van der Waals surface area contributed by atoms with Gasteiger partial charge in [0.1, 0.15) is 6.10 Å². The monoisotopic (exact) mass is 284 g/mol. The topological polar surface area (TPSA) is 63.6 Å². The molecule has 4 heteroatoms. The van der Waals surface area contributed by atoms with E-state index in [9.17, 15) is 14.7 Å². The number of aliphatic hydroxyl groups excluding tert-OH is 1. The number of ketones is 1. The number of carbonyl (C=O) groups excluding carboxylic acids is 2. The summed E-state index contributed by atoms with van der Waals surface area (Å²) in [5.74, 6) is -1.09. The van der Waals surface area contributed by atoms with Crippen LogP contribution in [0.5, 0.6) is 0 Å². The molecular formula is C17H16O4. The summed E-state index contributed by atoms with van der Waals surface area (Å²) < 4.78 is 4.93. The van der Waals surface area contributed by atoms with E-state index in [-0.39, 0.29) is 17.7 Å². The van der Waals surface area contributed by atoms with Crippen LogP contribution in [-0.4, -0.2) is 23.5 Å². The van der Waals surface area contributed by atoms with Gasteiger partial charge in [0.2, 0.25) is 0 Å². The third-order valence-corrected chi connectivity index (χ3v) is 3.05. The van der Waals surface area contributed by atoms with Crippen LogP contribution in [0.3, 0.4) is 0 Å². The fourth-order valence-electron chi connectivity index (χ4n) is 2.02. The van der Waals surface area contributed by atoms with Gasteiger partial charge in [0.05, 0.1) is 12.2 Å². The van der Waals surface area contributed by atoms with E-state index in [0.29, 0.717) is 5.56 Å². The lowest BCUT2D eigenvalue weighted by molar-refractivity contribution is 0.0519. The molecule has 0 bridgehead atoms. The first-order valence-corrected chi connectivity index (χ1v) is 6.68. The van der Waals surface area contributed by atoms with Gasteiger partial charge < -0.3 is 9.84 Å². The third-order valence-electron chi connectivity index (χ3n) is 3.05. The van der Waals surface area contributed by atoms with Crippen LogP contribution in [0.25, 0.3) is 0 Å². The van der Waals surface area contributed by atoms with E-state index in [1.165, 1.54) is 12.1 Å². The Morgan fingerprint density at radius 2 is 1.57 bits per heavy atom. The largest absolute Gasteiger partial charge is 0.462 e. The van der Waals surface area contributed by atoms with E-state index in [0.717, 1.165) is 0 Å². The average Bonchev–Trinajstić information content (AvgIpc) is 2.54. The van der Waals surface area contributed by atoms with Crippen molar-refractivity contribution >= 4 is 11.8 Å². The van der Waals surface area contributed by atoms with Crippen LogP contribution >= 0.6 is 0 Å². The summed E-state index contributed by atoms with van der Waals surface area (Å²) in [5, 5.41) is 10.2. The van der Waals surface area contributed by atoms with E-state index < -0.39 is 17.9 Å². The lowest BCUT2D eigenvalue weighted by atomic mass is 9.96. The fraction of sp³-hybridized carbons (Fsp3) is 0.176. The van der Waals surface area contributed by atoms with E-state index in [2.05, 4.69) is 0 Å². The molecule has 0 heterocycles. The molecule has 108 valence electrons. The van der Waals surface area contributed by atoms with Crippen LogP contribution in [-0.2, 0) is 4.74 Å². The third kappa shape index (κ3) is 3.35. The predicted molar refractivity (Wildman–Crippen MR) is 78.1 cm³/mol. The Labute approximate surface area is 123 Å². The van der Waals surface area contributed by atoms with Gasteiger partial charge in [-0.15, -0.1) is 0 Å². The molecule has 1 N–H and O–H groups in total. The number of benzene rings is 2. The predicted octanol–water partition coefficient (Wildman–Crippen LogP) is 2.78. The molecule has 0 aliphatic carbocycles. The maximum Gasteiger partial charge on any atom is 0.338 e. The molecule has 2 aromatic carbocycles. The SMILES string of the molecule is CCOC(=O)c1ccccc1C(=O)C(O)c1ccccc1. The standard InChI is InChI=1S/C17H16O4/c1-2-21-17(20)14-11-7-6-10-13(14)16(19)15(18)12-8-4-3-5-9-12/h3-11,15,18H,2H2,1H3. The van der Waals surface area contributed by atoms with Gasteiger partial charge in [-0.1, -0.05) is 48.5 Å². The summed E-state index contributed by atoms with van der Waals surface area (Å²) >= 11 is 0. The molecule has 4 nitrogen and oxygen atoms in total. The molecule has 0 radical (unpaired) electrons. The van der Waals surface area contributed by atoms with Gasteiger partial charge in [-0.25, -0.2) is 4.79 Å². The molecule has 0 spiro atoms. The van der Waals surface area contributed by atoms with Crippen LogP contribution in [0.2, 0.25) is 0 Å². The normalized spacial score (nSPS) is 11.7. The molecule has 0 saturated heterocycles. The summed E-state index contributed by atoms with van der Waals surface area (Å²) in [6, 6.07) is 14.9. The maximum atomic E-state index is 12.4. The van der Waals surface area contributed by atoms with E-state index in [4.69, 9.17) is 4.74 Å². The highest BCUT2D eigenvalue weighted by atomic mass is 16.5. The van der Waals surface area contributed by atoms with Crippen molar-refractivity contribution in [2.75, 3.05) is 6.61 Å². The first kappa shape index (κ1) is 14.9. The molecule has 21 heavy (non-hydrogen) atoms. The van der Waals surface area contributed by atoms with Crippen LogP contribution in [0.15, 0.2) is 54.6 Å². The minimum atomic E-state index is -1.30. The molecule has 0 amide bonds. The molecule has 2 rings (SSSR count). The van der Waals surface area contributed by atoms with Gasteiger partial charge in [-0.05, 0) is 18.6 Å². The summed E-state index contributed by atoms with van der Waals surface area (Å²) in [6.07, 6.45) is -1.30. The Morgan fingerprint density at radius 1 is 1.00 bits per heavy atom. The number of ether oxygens (including phenoxy) is 1. The molecular weight excluding hydrogens is 268 g/mol. The first-order valence-electron chi connectivity index (χ1n) is 6.68. The minimum Gasteiger partial charge on any atom is -0.462 e. The van der Waals surface area contributed by atoms with Gasteiger partial charge in [0.25, 0.3) is 0 Å². The Kier molecular flexibility index (Phi) is 4.85. The first-order chi connectivity index (χ1) is 10.1. The van der Waals surface area contributed by atoms with Crippen LogP contribution in [0.4, 0.5) is 0 Å². The second-order valence-electron chi connectivity index (χ2n) is 4.44. The molecule has 0 fully saturated rings. The zero-order chi connectivity index (χ0) is 15.2. The van der Waals surface area contributed by atoms with Gasteiger partial charge in [-0.2, -0.15) is 0 Å². The maximum absolute atomic E-state index is 12.4. The van der Waals surface area contributed by atoms with Crippen LogP contribution in [0, 0.1) is 0 Å². The smallest absolute Gasteiger partial charge is 0.338 e. The van der Waals surface area contributed by atoms with Crippen molar-refractivity contribution in [2.24, 2.45) is 0 Å². The zero-order valence-corrected chi connectivity index (χ0v) is 11.7. The Bertz CT molecular complexity index is 634. The summed E-state index contributed by atoms with van der Waals surface area (Å²) in [5.41, 5.74) is 0.813. The van der Waals surface area contributed by atoms with Gasteiger partial charge in [0, 0.05) is 5.56 Å². The van der Waals surface area contributed by atoms with E-state index >= 15 is 0 Å². The summed E-state index contributed by atoms with van der Waals surface area (Å²) in [7, 11) is 0. The lowest BCUT2D eigenvalue weighted by Crippen LogP contribution is -2.17. The van der Waals surface area contributed by atoms with E-state index in [1.807, 2.05) is 0 Å². The lowest BCUT2D eigenvalue weighted by Gasteiger charge is -2.12. The van der Waals surface area contributed by atoms with Crippen molar-refractivity contribution in [1.29, 1.82) is 0 Å². The van der Waals surface area contributed by atoms with Crippen molar-refractivity contribution in [1.82, 2.24) is 0 Å². The fourth-order valence-corrected chi connectivity index (χ4v) is 2.02. The highest BCUT2D eigenvalue weighted by molar-refractivity contribution is 6.08. The van der Waals surface area contributed by atoms with Crippen molar-refractivity contribution in [3.8, 4) is 0 Å². The molecule has 0 saturated carbocycles.